The lowest BCUT2D eigenvalue weighted by molar-refractivity contribution is -0.161. The summed E-state index contributed by atoms with van der Waals surface area (Å²) in [4.78, 5) is 24.4. The lowest BCUT2D eigenvalue weighted by Gasteiger charge is -2.15. The van der Waals surface area contributed by atoms with Gasteiger partial charge in [-0.05, 0) is 57.8 Å². The van der Waals surface area contributed by atoms with Crippen molar-refractivity contribution < 1.29 is 24.2 Å². The maximum atomic E-state index is 12.2. The van der Waals surface area contributed by atoms with Gasteiger partial charge in [-0.3, -0.25) is 9.59 Å². The van der Waals surface area contributed by atoms with Crippen molar-refractivity contribution in [3.63, 3.8) is 0 Å². The van der Waals surface area contributed by atoms with Gasteiger partial charge in [0.2, 0.25) is 0 Å². The Bertz CT molecular complexity index is 946. The van der Waals surface area contributed by atoms with Crippen molar-refractivity contribution in [1.29, 1.82) is 0 Å². The van der Waals surface area contributed by atoms with Crippen LogP contribution in [0.4, 0.5) is 0 Å². The molecule has 0 saturated carbocycles. The van der Waals surface area contributed by atoms with E-state index in [2.05, 4.69) is 74.6 Å². The minimum atomic E-state index is -0.789. The number of aliphatic hydroxyl groups excluding tert-OH is 1. The third-order valence-corrected chi connectivity index (χ3v) is 9.83. The summed E-state index contributed by atoms with van der Waals surface area (Å²) in [5.74, 6) is -0.623. The number of hydrogen-bond acceptors (Lipinski definition) is 5. The zero-order valence-corrected chi connectivity index (χ0v) is 35.5. The molecule has 0 heterocycles. The van der Waals surface area contributed by atoms with E-state index in [0.29, 0.717) is 12.8 Å². The summed E-state index contributed by atoms with van der Waals surface area (Å²) in [7, 11) is 0. The number of esters is 2. The second kappa shape index (κ2) is 45.0. The molecule has 1 N–H and O–H groups in total. The second-order valence-electron chi connectivity index (χ2n) is 15.1. The van der Waals surface area contributed by atoms with E-state index in [9.17, 15) is 14.7 Å². The number of hydrogen-bond donors (Lipinski definition) is 1. The highest BCUT2D eigenvalue weighted by molar-refractivity contribution is 5.70. The third-order valence-electron chi connectivity index (χ3n) is 9.83. The molecular weight excluding hydrogens is 669 g/mol. The van der Waals surface area contributed by atoms with Crippen LogP contribution in [0.1, 0.15) is 219 Å². The van der Waals surface area contributed by atoms with Gasteiger partial charge in [0.25, 0.3) is 0 Å². The predicted octanol–water partition coefficient (Wildman–Crippen LogP) is 14.7. The molecule has 0 aliphatic rings. The molecule has 0 bridgehead atoms. The molecule has 0 saturated heterocycles. The fourth-order valence-electron chi connectivity index (χ4n) is 6.41. The Kier molecular flexibility index (Phi) is 43.0. The molecule has 312 valence electrons. The number of rotatable bonds is 41. The highest BCUT2D eigenvalue weighted by Gasteiger charge is 2.16. The van der Waals surface area contributed by atoms with Crippen LogP contribution in [0.15, 0.2) is 60.8 Å². The lowest BCUT2D eigenvalue weighted by atomic mass is 10.0. The zero-order valence-electron chi connectivity index (χ0n) is 35.5. The number of carbonyl (C=O) groups is 2. The molecule has 54 heavy (non-hydrogen) atoms. The van der Waals surface area contributed by atoms with Crippen LogP contribution in [0.5, 0.6) is 0 Å². The summed E-state index contributed by atoms with van der Waals surface area (Å²) in [6, 6.07) is 0. The highest BCUT2D eigenvalue weighted by atomic mass is 16.6. The second-order valence-corrected chi connectivity index (χ2v) is 15.1. The van der Waals surface area contributed by atoms with Crippen molar-refractivity contribution in [3.8, 4) is 0 Å². The van der Waals surface area contributed by atoms with Crippen molar-refractivity contribution in [2.24, 2.45) is 0 Å². The van der Waals surface area contributed by atoms with E-state index in [1.165, 1.54) is 116 Å². The van der Waals surface area contributed by atoms with Gasteiger partial charge >= 0.3 is 11.9 Å². The Balaban J connectivity index is 3.56. The van der Waals surface area contributed by atoms with Gasteiger partial charge in [-0.15, -0.1) is 0 Å². The van der Waals surface area contributed by atoms with Crippen molar-refractivity contribution >= 4 is 11.9 Å². The quantitative estimate of drug-likeness (QED) is 0.0382. The zero-order chi connectivity index (χ0) is 39.3. The number of allylic oxidation sites excluding steroid dienone is 10. The van der Waals surface area contributed by atoms with Crippen molar-refractivity contribution in [3.05, 3.63) is 60.8 Å². The number of unbranched alkanes of at least 4 members (excludes halogenated alkanes) is 23. The summed E-state index contributed by atoms with van der Waals surface area (Å²) in [5, 5.41) is 9.59. The van der Waals surface area contributed by atoms with E-state index in [0.717, 1.165) is 77.0 Å². The molecule has 0 fully saturated rings. The van der Waals surface area contributed by atoms with E-state index < -0.39 is 6.10 Å². The monoisotopic (exact) mass is 755 g/mol. The van der Waals surface area contributed by atoms with Crippen LogP contribution in [-0.2, 0) is 19.1 Å². The van der Waals surface area contributed by atoms with E-state index >= 15 is 0 Å². The number of carbonyl (C=O) groups excluding carboxylic acids is 2. The maximum absolute atomic E-state index is 12.2. The van der Waals surface area contributed by atoms with E-state index in [1.54, 1.807) is 0 Å². The SMILES string of the molecule is CCC=CCC=CCC=CCC=CCC=CCCCCCC(=O)O[C@@H](CO)COC(=O)CCCCCCCCCCCCCCCCCCCCCCC. The van der Waals surface area contributed by atoms with Crippen molar-refractivity contribution in [2.45, 2.75) is 225 Å². The van der Waals surface area contributed by atoms with E-state index in [1.807, 2.05) is 0 Å². The molecule has 0 aromatic rings. The van der Waals surface area contributed by atoms with Crippen molar-refractivity contribution in [1.82, 2.24) is 0 Å². The summed E-state index contributed by atoms with van der Waals surface area (Å²) < 4.78 is 10.6. The minimum Gasteiger partial charge on any atom is -0.462 e. The molecule has 0 aliphatic heterocycles. The molecule has 0 spiro atoms. The first kappa shape index (κ1) is 51.6. The van der Waals surface area contributed by atoms with Crippen LogP contribution in [0.2, 0.25) is 0 Å². The normalized spacial score (nSPS) is 12.7. The smallest absolute Gasteiger partial charge is 0.306 e. The lowest BCUT2D eigenvalue weighted by Crippen LogP contribution is -2.28. The Morgan fingerprint density at radius 3 is 1.20 bits per heavy atom. The molecular formula is C49H86O5. The first-order valence-electron chi connectivity index (χ1n) is 22.8. The Morgan fingerprint density at radius 2 is 0.796 bits per heavy atom. The summed E-state index contributed by atoms with van der Waals surface area (Å²) >= 11 is 0. The topological polar surface area (TPSA) is 72.8 Å². The molecule has 0 unspecified atom stereocenters. The summed E-state index contributed by atoms with van der Waals surface area (Å²) in [5.41, 5.74) is 0. The van der Waals surface area contributed by atoms with E-state index in [4.69, 9.17) is 9.47 Å². The van der Waals surface area contributed by atoms with Crippen molar-refractivity contribution in [2.75, 3.05) is 13.2 Å². The molecule has 0 amide bonds. The first-order valence-corrected chi connectivity index (χ1v) is 22.8. The summed E-state index contributed by atoms with van der Waals surface area (Å²) in [6.45, 7) is 4.01. The van der Waals surface area contributed by atoms with E-state index in [-0.39, 0.29) is 25.2 Å². The third kappa shape index (κ3) is 42.3. The van der Waals surface area contributed by atoms with Crippen LogP contribution < -0.4 is 0 Å². The van der Waals surface area contributed by atoms with Gasteiger partial charge in [0.15, 0.2) is 6.10 Å². The average Bonchev–Trinajstić information content (AvgIpc) is 3.17. The Labute approximate surface area is 334 Å². The largest absolute Gasteiger partial charge is 0.462 e. The Morgan fingerprint density at radius 1 is 0.444 bits per heavy atom. The minimum absolute atomic E-state index is 0.0790. The van der Waals surface area contributed by atoms with Crippen LogP contribution in [-0.4, -0.2) is 36.4 Å². The van der Waals surface area contributed by atoms with Crippen LogP contribution in [0.3, 0.4) is 0 Å². The predicted molar refractivity (Wildman–Crippen MR) is 233 cm³/mol. The highest BCUT2D eigenvalue weighted by Crippen LogP contribution is 2.16. The Hall–Kier alpha value is -2.40. The average molecular weight is 755 g/mol. The maximum Gasteiger partial charge on any atom is 0.306 e. The van der Waals surface area contributed by atoms with Gasteiger partial charge in [0.1, 0.15) is 6.61 Å². The van der Waals surface area contributed by atoms with Gasteiger partial charge in [-0.2, -0.15) is 0 Å². The van der Waals surface area contributed by atoms with Crippen LogP contribution in [0.25, 0.3) is 0 Å². The van der Waals surface area contributed by atoms with Crippen LogP contribution in [0, 0.1) is 0 Å². The molecule has 0 radical (unpaired) electrons. The molecule has 0 aliphatic carbocycles. The van der Waals surface area contributed by atoms with Gasteiger partial charge in [0.05, 0.1) is 6.61 Å². The fourth-order valence-corrected chi connectivity index (χ4v) is 6.41. The molecule has 5 nitrogen and oxygen atoms in total. The standard InChI is InChI=1S/C49H86O5/c1-3-5-7-9-11-13-15-17-19-21-23-24-26-27-29-31-33-35-37-39-41-43-48(51)53-46-47(45-50)54-49(52)44-42-40-38-36-34-32-30-28-25-22-20-18-16-14-12-10-8-6-4-2/h6,8,12,14,18,20,25,28,32,34,47,50H,3-5,7,9-11,13,15-17,19,21-24,26-27,29-31,33,35-46H2,1-2H3/t47-/m0/s1. The van der Waals surface area contributed by atoms with Gasteiger partial charge < -0.3 is 14.6 Å². The first-order chi connectivity index (χ1) is 26.6. The molecule has 0 rings (SSSR count). The van der Waals surface area contributed by atoms with Crippen LogP contribution >= 0.6 is 0 Å². The molecule has 1 atom stereocenters. The number of aliphatic hydroxyl groups is 1. The molecule has 0 aromatic carbocycles. The fraction of sp³-hybridized carbons (Fsp3) is 0.755. The van der Waals surface area contributed by atoms with Gasteiger partial charge in [-0.25, -0.2) is 0 Å². The summed E-state index contributed by atoms with van der Waals surface area (Å²) in [6.07, 6.45) is 58.7. The number of ether oxygens (including phenoxy) is 2. The molecule has 5 heteroatoms. The van der Waals surface area contributed by atoms with Gasteiger partial charge in [0, 0.05) is 12.8 Å². The molecule has 0 aromatic heterocycles. The van der Waals surface area contributed by atoms with Gasteiger partial charge in [-0.1, -0.05) is 209 Å².